The molecule has 1 N–H and O–H groups in total. The second-order valence-corrected chi connectivity index (χ2v) is 8.64. The third-order valence-corrected chi connectivity index (χ3v) is 5.50. The van der Waals surface area contributed by atoms with Crippen molar-refractivity contribution >= 4 is 11.8 Å². The molecule has 0 aromatic heterocycles. The Morgan fingerprint density at radius 2 is 1.68 bits per heavy atom. The van der Waals surface area contributed by atoms with E-state index in [1.807, 2.05) is 43.0 Å². The van der Waals surface area contributed by atoms with E-state index in [0.29, 0.717) is 35.2 Å². The van der Waals surface area contributed by atoms with Crippen molar-refractivity contribution in [2.45, 2.75) is 64.3 Å². The van der Waals surface area contributed by atoms with Crippen molar-refractivity contribution < 1.29 is 19.1 Å². The molecular formula is C25H30N2O4. The fraction of sp³-hybridized carbons (Fsp3) is 0.440. The van der Waals surface area contributed by atoms with Crippen LogP contribution in [0.2, 0.25) is 0 Å². The van der Waals surface area contributed by atoms with Gasteiger partial charge in [-0.2, -0.15) is 0 Å². The Morgan fingerprint density at radius 1 is 1.00 bits per heavy atom. The van der Waals surface area contributed by atoms with Crippen LogP contribution in [-0.2, 0) is 6.54 Å². The van der Waals surface area contributed by atoms with E-state index < -0.39 is 0 Å². The maximum Gasteiger partial charge on any atom is 0.254 e. The molecule has 6 heteroatoms. The van der Waals surface area contributed by atoms with Gasteiger partial charge in [0, 0.05) is 29.8 Å². The first-order chi connectivity index (χ1) is 14.9. The molecular weight excluding hydrogens is 392 g/mol. The molecule has 4 rings (SSSR count). The average Bonchev–Trinajstić information content (AvgIpc) is 3.67. The Kier molecular flexibility index (Phi) is 6.16. The van der Waals surface area contributed by atoms with Gasteiger partial charge in [-0.25, -0.2) is 0 Å². The lowest BCUT2D eigenvalue weighted by Gasteiger charge is -2.23. The van der Waals surface area contributed by atoms with Crippen LogP contribution in [0.4, 0.5) is 0 Å². The quantitative estimate of drug-likeness (QED) is 0.658. The second-order valence-electron chi connectivity index (χ2n) is 8.64. The van der Waals surface area contributed by atoms with Crippen LogP contribution in [-0.4, -0.2) is 42.0 Å². The molecule has 0 unspecified atom stereocenters. The van der Waals surface area contributed by atoms with Gasteiger partial charge in [-0.1, -0.05) is 12.1 Å². The molecule has 2 aliphatic rings. The molecule has 0 radical (unpaired) electrons. The number of ether oxygens (including phenoxy) is 2. The molecule has 2 aliphatic carbocycles. The topological polar surface area (TPSA) is 67.9 Å². The highest BCUT2D eigenvalue weighted by molar-refractivity contribution is 5.96. The van der Waals surface area contributed by atoms with Crippen molar-refractivity contribution in [2.24, 2.45) is 0 Å². The van der Waals surface area contributed by atoms with Crippen LogP contribution >= 0.6 is 0 Å². The van der Waals surface area contributed by atoms with Crippen molar-refractivity contribution in [3.63, 3.8) is 0 Å². The second kappa shape index (κ2) is 9.00. The molecule has 2 aromatic rings. The summed E-state index contributed by atoms with van der Waals surface area (Å²) in [7, 11) is 1.58. The largest absolute Gasteiger partial charge is 0.493 e. The molecule has 0 spiro atoms. The van der Waals surface area contributed by atoms with E-state index in [2.05, 4.69) is 5.32 Å². The zero-order valence-corrected chi connectivity index (χ0v) is 18.4. The van der Waals surface area contributed by atoms with Gasteiger partial charge in [0.15, 0.2) is 11.5 Å². The number of benzene rings is 2. The first-order valence-corrected chi connectivity index (χ1v) is 11.0. The molecule has 2 fully saturated rings. The highest BCUT2D eigenvalue weighted by Crippen LogP contribution is 2.33. The zero-order valence-electron chi connectivity index (χ0n) is 18.4. The van der Waals surface area contributed by atoms with E-state index >= 15 is 0 Å². The Hall–Kier alpha value is -3.02. The van der Waals surface area contributed by atoms with Gasteiger partial charge in [0.05, 0.1) is 13.2 Å². The number of nitrogens with one attached hydrogen (secondary N) is 1. The molecule has 2 amide bonds. The number of amides is 2. The first-order valence-electron chi connectivity index (χ1n) is 11.0. The van der Waals surface area contributed by atoms with Crippen molar-refractivity contribution in [3.8, 4) is 11.5 Å². The standard InChI is InChI=1S/C25H30N2O4/c1-16(2)31-22-13-8-19(14-23(22)30-3)25(29)27(21-11-12-21)15-17-4-6-18(7-5-17)24(28)26-20-9-10-20/h4-8,13-14,16,20-21H,9-12,15H2,1-3H3,(H,26,28). The summed E-state index contributed by atoms with van der Waals surface area (Å²) in [6.07, 6.45) is 4.18. The predicted molar refractivity (Wildman–Crippen MR) is 119 cm³/mol. The van der Waals surface area contributed by atoms with Gasteiger partial charge < -0.3 is 19.7 Å². The van der Waals surface area contributed by atoms with Gasteiger partial charge in [0.25, 0.3) is 11.8 Å². The molecule has 2 saturated carbocycles. The first kappa shape index (κ1) is 21.2. The maximum atomic E-state index is 13.3. The van der Waals surface area contributed by atoms with E-state index in [4.69, 9.17) is 9.47 Å². The number of carbonyl (C=O) groups is 2. The van der Waals surface area contributed by atoms with E-state index in [9.17, 15) is 9.59 Å². The summed E-state index contributed by atoms with van der Waals surface area (Å²) >= 11 is 0. The van der Waals surface area contributed by atoms with Crippen LogP contribution in [0, 0.1) is 0 Å². The monoisotopic (exact) mass is 422 g/mol. The lowest BCUT2D eigenvalue weighted by atomic mass is 10.1. The van der Waals surface area contributed by atoms with E-state index in [-0.39, 0.29) is 24.0 Å². The molecule has 0 bridgehead atoms. The fourth-order valence-corrected chi connectivity index (χ4v) is 3.53. The maximum absolute atomic E-state index is 13.3. The Bertz CT molecular complexity index is 946. The zero-order chi connectivity index (χ0) is 22.0. The summed E-state index contributed by atoms with van der Waals surface area (Å²) in [5.41, 5.74) is 2.25. The van der Waals surface area contributed by atoms with Gasteiger partial charge in [0.2, 0.25) is 0 Å². The highest BCUT2D eigenvalue weighted by Gasteiger charge is 2.33. The molecule has 0 aliphatic heterocycles. The molecule has 0 atom stereocenters. The smallest absolute Gasteiger partial charge is 0.254 e. The van der Waals surface area contributed by atoms with Crippen LogP contribution in [0.1, 0.15) is 65.8 Å². The number of rotatable bonds is 9. The van der Waals surface area contributed by atoms with Gasteiger partial charge in [-0.05, 0) is 75.4 Å². The minimum atomic E-state index is -0.0278. The summed E-state index contributed by atoms with van der Waals surface area (Å²) in [6.45, 7) is 4.42. The Labute approximate surface area is 183 Å². The van der Waals surface area contributed by atoms with Crippen LogP contribution in [0.3, 0.4) is 0 Å². The molecule has 6 nitrogen and oxygen atoms in total. The van der Waals surface area contributed by atoms with Gasteiger partial charge in [0.1, 0.15) is 0 Å². The number of methoxy groups -OCH3 is 1. The van der Waals surface area contributed by atoms with Crippen LogP contribution in [0.15, 0.2) is 42.5 Å². The average molecular weight is 423 g/mol. The van der Waals surface area contributed by atoms with Crippen molar-refractivity contribution in [1.82, 2.24) is 10.2 Å². The molecule has 2 aromatic carbocycles. The summed E-state index contributed by atoms with van der Waals surface area (Å²) in [5.74, 6) is 1.14. The van der Waals surface area contributed by atoms with Crippen molar-refractivity contribution in [3.05, 3.63) is 59.2 Å². The Morgan fingerprint density at radius 3 is 2.26 bits per heavy atom. The van der Waals surface area contributed by atoms with E-state index in [0.717, 1.165) is 31.2 Å². The predicted octanol–water partition coefficient (Wildman–Crippen LogP) is 4.18. The Balaban J connectivity index is 1.47. The van der Waals surface area contributed by atoms with Crippen LogP contribution in [0.25, 0.3) is 0 Å². The van der Waals surface area contributed by atoms with Crippen molar-refractivity contribution in [1.29, 1.82) is 0 Å². The van der Waals surface area contributed by atoms with Gasteiger partial charge in [-0.15, -0.1) is 0 Å². The molecule has 31 heavy (non-hydrogen) atoms. The molecule has 0 heterocycles. The van der Waals surface area contributed by atoms with E-state index in [1.165, 1.54) is 0 Å². The fourth-order valence-electron chi connectivity index (χ4n) is 3.53. The van der Waals surface area contributed by atoms with Gasteiger partial charge >= 0.3 is 0 Å². The van der Waals surface area contributed by atoms with Crippen molar-refractivity contribution in [2.75, 3.05) is 7.11 Å². The third-order valence-electron chi connectivity index (χ3n) is 5.50. The lowest BCUT2D eigenvalue weighted by Crippen LogP contribution is -2.32. The highest BCUT2D eigenvalue weighted by atomic mass is 16.5. The minimum absolute atomic E-state index is 0.0209. The summed E-state index contributed by atoms with van der Waals surface area (Å²) in [4.78, 5) is 27.4. The third kappa shape index (κ3) is 5.37. The number of hydrogen-bond acceptors (Lipinski definition) is 4. The summed E-state index contributed by atoms with van der Waals surface area (Å²) in [5, 5.41) is 3.00. The minimum Gasteiger partial charge on any atom is -0.493 e. The SMILES string of the molecule is COc1cc(C(=O)N(Cc2ccc(C(=O)NC3CC3)cc2)C2CC2)ccc1OC(C)C. The molecule has 164 valence electrons. The molecule has 0 saturated heterocycles. The number of nitrogens with zero attached hydrogens (tertiary/aromatic N) is 1. The van der Waals surface area contributed by atoms with Crippen LogP contribution in [0.5, 0.6) is 11.5 Å². The van der Waals surface area contributed by atoms with Crippen LogP contribution < -0.4 is 14.8 Å². The van der Waals surface area contributed by atoms with Gasteiger partial charge in [-0.3, -0.25) is 9.59 Å². The lowest BCUT2D eigenvalue weighted by molar-refractivity contribution is 0.0729. The summed E-state index contributed by atoms with van der Waals surface area (Å²) in [6, 6.07) is 13.5. The number of carbonyl (C=O) groups excluding carboxylic acids is 2. The number of hydrogen-bond donors (Lipinski definition) is 1. The normalized spacial score (nSPS) is 15.5. The van der Waals surface area contributed by atoms with E-state index in [1.54, 1.807) is 25.3 Å². The summed E-state index contributed by atoms with van der Waals surface area (Å²) < 4.78 is 11.2.